The highest BCUT2D eigenvalue weighted by molar-refractivity contribution is 7.86. The minimum absolute atomic E-state index is 0.0260. The third-order valence-electron chi connectivity index (χ3n) is 1.62. The van der Waals surface area contributed by atoms with Gasteiger partial charge in [0.05, 0.1) is 5.75 Å². The zero-order chi connectivity index (χ0) is 10.8. The lowest BCUT2D eigenvalue weighted by Crippen LogP contribution is -2.02. The van der Waals surface area contributed by atoms with Gasteiger partial charge in [0.2, 0.25) is 0 Å². The lowest BCUT2D eigenvalue weighted by atomic mass is 10.2. The van der Waals surface area contributed by atoms with E-state index in [1.54, 1.807) is 12.1 Å². The highest BCUT2D eigenvalue weighted by Gasteiger charge is 2.09. The molecule has 14 heavy (non-hydrogen) atoms. The fourth-order valence-electron chi connectivity index (χ4n) is 0.967. The number of halogens is 3. The van der Waals surface area contributed by atoms with Crippen LogP contribution in [0.25, 0.3) is 0 Å². The lowest BCUT2D eigenvalue weighted by Gasteiger charge is -2.02. The summed E-state index contributed by atoms with van der Waals surface area (Å²) in [4.78, 5) is 0. The van der Waals surface area contributed by atoms with E-state index in [0.29, 0.717) is 15.6 Å². The van der Waals surface area contributed by atoms with Crippen LogP contribution in [0.2, 0.25) is 10.0 Å². The van der Waals surface area contributed by atoms with Crippen molar-refractivity contribution in [2.75, 3.05) is 5.75 Å². The Morgan fingerprint density at radius 2 is 1.93 bits per heavy atom. The fraction of sp³-hybridized carbons (Fsp3) is 0.250. The molecular weight excluding hydrogens is 250 g/mol. The Kier molecular flexibility index (Phi) is 3.75. The quantitative estimate of drug-likeness (QED) is 0.780. The molecule has 0 bridgehead atoms. The molecule has 6 heteroatoms. The van der Waals surface area contributed by atoms with Crippen molar-refractivity contribution in [2.45, 2.75) is 6.42 Å². The van der Waals surface area contributed by atoms with Crippen LogP contribution in [0.3, 0.4) is 0 Å². The third kappa shape index (κ3) is 3.82. The van der Waals surface area contributed by atoms with Gasteiger partial charge in [0.1, 0.15) is 0 Å². The Morgan fingerprint density at radius 3 is 2.50 bits per heavy atom. The van der Waals surface area contributed by atoms with Crippen LogP contribution < -0.4 is 0 Å². The van der Waals surface area contributed by atoms with Gasteiger partial charge in [-0.1, -0.05) is 23.2 Å². The number of benzene rings is 1. The Labute approximate surface area is 91.9 Å². The standard InChI is InChI=1S/C8H7Cl2FO2S/c9-7-1-2-8(10)6(5-7)3-4-14(11,12)13/h1-2,5H,3-4H2. The van der Waals surface area contributed by atoms with Gasteiger partial charge in [0.25, 0.3) is 0 Å². The summed E-state index contributed by atoms with van der Waals surface area (Å²) >= 11 is 11.4. The molecular formula is C8H7Cl2FO2S. The van der Waals surface area contributed by atoms with Gasteiger partial charge in [-0.2, -0.15) is 8.42 Å². The first-order valence-electron chi connectivity index (χ1n) is 3.75. The van der Waals surface area contributed by atoms with E-state index >= 15 is 0 Å². The Bertz CT molecular complexity index is 431. The zero-order valence-corrected chi connectivity index (χ0v) is 9.33. The molecule has 0 saturated heterocycles. The molecule has 0 N–H and O–H groups in total. The molecule has 0 fully saturated rings. The van der Waals surface area contributed by atoms with Crippen molar-refractivity contribution in [2.24, 2.45) is 0 Å². The molecule has 0 aliphatic carbocycles. The number of aryl methyl sites for hydroxylation is 1. The molecule has 2 nitrogen and oxygen atoms in total. The second-order valence-corrected chi connectivity index (χ2v) is 5.06. The molecule has 0 aromatic heterocycles. The van der Waals surface area contributed by atoms with Crippen LogP contribution >= 0.6 is 23.2 Å². The maximum Gasteiger partial charge on any atom is 0.302 e. The number of hydrogen-bond acceptors (Lipinski definition) is 2. The van der Waals surface area contributed by atoms with Crippen molar-refractivity contribution >= 4 is 33.4 Å². The molecule has 0 aliphatic rings. The van der Waals surface area contributed by atoms with Gasteiger partial charge in [0.15, 0.2) is 0 Å². The van der Waals surface area contributed by atoms with E-state index in [-0.39, 0.29) is 6.42 Å². The first-order chi connectivity index (χ1) is 6.38. The van der Waals surface area contributed by atoms with Crippen molar-refractivity contribution < 1.29 is 12.3 Å². The van der Waals surface area contributed by atoms with E-state index in [4.69, 9.17) is 23.2 Å². The summed E-state index contributed by atoms with van der Waals surface area (Å²) in [6.45, 7) is 0. The minimum atomic E-state index is -4.45. The molecule has 0 aliphatic heterocycles. The van der Waals surface area contributed by atoms with Gasteiger partial charge in [-0.3, -0.25) is 0 Å². The van der Waals surface area contributed by atoms with Crippen LogP contribution in [0.5, 0.6) is 0 Å². The highest BCUT2D eigenvalue weighted by atomic mass is 35.5. The predicted molar refractivity (Wildman–Crippen MR) is 55.1 cm³/mol. The first-order valence-corrected chi connectivity index (χ1v) is 6.05. The molecule has 1 rings (SSSR count). The van der Waals surface area contributed by atoms with E-state index in [0.717, 1.165) is 0 Å². The Morgan fingerprint density at radius 1 is 1.29 bits per heavy atom. The highest BCUT2D eigenvalue weighted by Crippen LogP contribution is 2.21. The average molecular weight is 257 g/mol. The summed E-state index contributed by atoms with van der Waals surface area (Å²) in [5.41, 5.74) is 0.528. The van der Waals surface area contributed by atoms with Crippen LogP contribution in [0.15, 0.2) is 18.2 Å². The van der Waals surface area contributed by atoms with Gasteiger partial charge in [-0.05, 0) is 30.2 Å². The van der Waals surface area contributed by atoms with E-state index in [9.17, 15) is 12.3 Å². The topological polar surface area (TPSA) is 34.1 Å². The van der Waals surface area contributed by atoms with Gasteiger partial charge in [0, 0.05) is 10.0 Å². The fourth-order valence-corrected chi connectivity index (χ4v) is 1.84. The predicted octanol–water partition coefficient (Wildman–Crippen LogP) is 2.84. The summed E-state index contributed by atoms with van der Waals surface area (Å²) in [6.07, 6.45) is 0.0260. The van der Waals surface area contributed by atoms with Crippen molar-refractivity contribution in [1.29, 1.82) is 0 Å². The molecule has 0 spiro atoms. The van der Waals surface area contributed by atoms with E-state index in [1.807, 2.05) is 0 Å². The molecule has 1 aromatic rings. The number of hydrogen-bond donors (Lipinski definition) is 0. The Hall–Kier alpha value is -0.320. The normalized spacial score (nSPS) is 11.6. The van der Waals surface area contributed by atoms with Crippen molar-refractivity contribution in [3.05, 3.63) is 33.8 Å². The van der Waals surface area contributed by atoms with Crippen LogP contribution in [-0.4, -0.2) is 14.2 Å². The van der Waals surface area contributed by atoms with E-state index in [2.05, 4.69) is 0 Å². The molecule has 0 unspecified atom stereocenters. The lowest BCUT2D eigenvalue weighted by molar-refractivity contribution is 0.551. The third-order valence-corrected chi connectivity index (χ3v) is 2.92. The monoisotopic (exact) mass is 256 g/mol. The summed E-state index contributed by atoms with van der Waals surface area (Å²) < 4.78 is 32.7. The summed E-state index contributed by atoms with van der Waals surface area (Å²) in [6, 6.07) is 4.65. The van der Waals surface area contributed by atoms with Crippen molar-refractivity contribution in [1.82, 2.24) is 0 Å². The average Bonchev–Trinajstić information content (AvgIpc) is 2.05. The SMILES string of the molecule is O=S(=O)(F)CCc1cc(Cl)ccc1Cl. The van der Waals surface area contributed by atoms with Crippen LogP contribution in [0.4, 0.5) is 3.89 Å². The smallest absolute Gasteiger partial charge is 0.195 e. The van der Waals surface area contributed by atoms with E-state index < -0.39 is 16.0 Å². The minimum Gasteiger partial charge on any atom is -0.195 e. The summed E-state index contributed by atoms with van der Waals surface area (Å²) in [7, 11) is -4.45. The number of rotatable bonds is 3. The maximum absolute atomic E-state index is 12.2. The first kappa shape index (κ1) is 11.8. The summed E-state index contributed by atoms with van der Waals surface area (Å²) in [5, 5.41) is 0.832. The molecule has 0 heterocycles. The second kappa shape index (κ2) is 4.47. The van der Waals surface area contributed by atoms with Crippen LogP contribution in [-0.2, 0) is 16.6 Å². The molecule has 0 amide bonds. The maximum atomic E-state index is 12.2. The molecule has 0 atom stereocenters. The largest absolute Gasteiger partial charge is 0.302 e. The zero-order valence-electron chi connectivity index (χ0n) is 7.00. The van der Waals surface area contributed by atoms with Crippen molar-refractivity contribution in [3.63, 3.8) is 0 Å². The van der Waals surface area contributed by atoms with E-state index in [1.165, 1.54) is 6.07 Å². The second-order valence-electron chi connectivity index (χ2n) is 2.73. The van der Waals surface area contributed by atoms with Gasteiger partial charge in [-0.25, -0.2) is 0 Å². The van der Waals surface area contributed by atoms with Gasteiger partial charge < -0.3 is 0 Å². The molecule has 78 valence electrons. The molecule has 0 radical (unpaired) electrons. The van der Waals surface area contributed by atoms with Gasteiger partial charge in [-0.15, -0.1) is 3.89 Å². The molecule has 1 aromatic carbocycles. The van der Waals surface area contributed by atoms with Gasteiger partial charge >= 0.3 is 10.2 Å². The molecule has 0 saturated carbocycles. The van der Waals surface area contributed by atoms with Crippen LogP contribution in [0, 0.1) is 0 Å². The van der Waals surface area contributed by atoms with Crippen molar-refractivity contribution in [3.8, 4) is 0 Å². The van der Waals surface area contributed by atoms with Crippen LogP contribution in [0.1, 0.15) is 5.56 Å². The Balaban J connectivity index is 2.81. The summed E-state index contributed by atoms with van der Waals surface area (Å²) in [5.74, 6) is -0.576.